The Kier molecular flexibility index (Phi) is 4.92. The molecule has 18 heavy (non-hydrogen) atoms. The largest absolute Gasteiger partial charge is 0.433 e. The summed E-state index contributed by atoms with van der Waals surface area (Å²) in [5, 5.41) is 3.17. The lowest BCUT2D eigenvalue weighted by atomic mass is 9.97. The second-order valence-corrected chi connectivity index (χ2v) is 4.27. The van der Waals surface area contributed by atoms with Crippen molar-refractivity contribution in [3.05, 3.63) is 23.3 Å². The quantitative estimate of drug-likeness (QED) is 0.860. The van der Waals surface area contributed by atoms with E-state index in [0.717, 1.165) is 32.0 Å². The van der Waals surface area contributed by atoms with Crippen molar-refractivity contribution in [2.45, 2.75) is 31.9 Å². The van der Waals surface area contributed by atoms with Gasteiger partial charge in [-0.25, -0.2) is 9.97 Å². The second kappa shape index (κ2) is 5.84. The minimum atomic E-state index is -4.39. The summed E-state index contributed by atoms with van der Waals surface area (Å²) in [5.41, 5.74) is -0.459. The van der Waals surface area contributed by atoms with Crippen molar-refractivity contribution in [2.24, 2.45) is 0 Å². The van der Waals surface area contributed by atoms with Crippen molar-refractivity contribution in [1.29, 1.82) is 0 Å². The lowest BCUT2D eigenvalue weighted by Crippen LogP contribution is -2.28. The zero-order chi connectivity index (χ0) is 12.5. The summed E-state index contributed by atoms with van der Waals surface area (Å²) in [6, 6.07) is 0.991. The maximum atomic E-state index is 12.6. The summed E-state index contributed by atoms with van der Waals surface area (Å²) < 4.78 is 37.8. The number of rotatable bonds is 1. The molecular formula is C11H15ClF3N3. The molecule has 1 saturated heterocycles. The maximum Gasteiger partial charge on any atom is 0.433 e. The van der Waals surface area contributed by atoms with E-state index in [-0.39, 0.29) is 18.3 Å². The third-order valence-electron chi connectivity index (χ3n) is 2.87. The van der Waals surface area contributed by atoms with Gasteiger partial charge in [0.15, 0.2) is 0 Å². The molecule has 0 bridgehead atoms. The average molecular weight is 282 g/mol. The number of hydrogen-bond acceptors (Lipinski definition) is 3. The molecule has 0 amide bonds. The van der Waals surface area contributed by atoms with Gasteiger partial charge >= 0.3 is 6.18 Å². The Morgan fingerprint density at radius 1 is 1.22 bits per heavy atom. The van der Waals surface area contributed by atoms with Gasteiger partial charge in [0.25, 0.3) is 0 Å². The summed E-state index contributed by atoms with van der Waals surface area (Å²) in [6.45, 7) is 3.19. The van der Waals surface area contributed by atoms with E-state index in [0.29, 0.717) is 11.5 Å². The van der Waals surface area contributed by atoms with Crippen LogP contribution in [0, 0.1) is 6.92 Å². The van der Waals surface area contributed by atoms with Gasteiger partial charge in [0, 0.05) is 11.6 Å². The molecule has 1 N–H and O–H groups in total. The van der Waals surface area contributed by atoms with Crippen molar-refractivity contribution in [1.82, 2.24) is 15.3 Å². The first kappa shape index (κ1) is 15.2. The number of aromatic nitrogens is 2. The molecule has 0 unspecified atom stereocenters. The number of halogens is 4. The minimum Gasteiger partial charge on any atom is -0.317 e. The topological polar surface area (TPSA) is 37.8 Å². The van der Waals surface area contributed by atoms with E-state index in [1.54, 1.807) is 6.92 Å². The average Bonchev–Trinajstić information content (AvgIpc) is 2.28. The number of alkyl halides is 3. The lowest BCUT2D eigenvalue weighted by Gasteiger charge is -2.22. The van der Waals surface area contributed by atoms with E-state index in [1.165, 1.54) is 0 Å². The predicted molar refractivity (Wildman–Crippen MR) is 63.9 cm³/mol. The summed E-state index contributed by atoms with van der Waals surface area (Å²) in [6.07, 6.45) is -2.81. The van der Waals surface area contributed by atoms with E-state index >= 15 is 0 Å². The highest BCUT2D eigenvalue weighted by Crippen LogP contribution is 2.30. The Morgan fingerprint density at radius 3 is 2.39 bits per heavy atom. The van der Waals surface area contributed by atoms with Crippen LogP contribution in [0.1, 0.15) is 36.0 Å². The zero-order valence-electron chi connectivity index (χ0n) is 9.92. The summed E-state index contributed by atoms with van der Waals surface area (Å²) in [7, 11) is 0. The van der Waals surface area contributed by atoms with Crippen LogP contribution in [-0.2, 0) is 6.18 Å². The van der Waals surface area contributed by atoms with Gasteiger partial charge in [-0.2, -0.15) is 13.2 Å². The van der Waals surface area contributed by atoms with E-state index < -0.39 is 11.9 Å². The van der Waals surface area contributed by atoms with Gasteiger partial charge in [0.05, 0.1) is 0 Å². The number of piperidine rings is 1. The van der Waals surface area contributed by atoms with Gasteiger partial charge in [-0.1, -0.05) is 0 Å². The van der Waals surface area contributed by atoms with Crippen molar-refractivity contribution in [3.63, 3.8) is 0 Å². The highest BCUT2D eigenvalue weighted by Gasteiger charge is 2.34. The van der Waals surface area contributed by atoms with Crippen molar-refractivity contribution < 1.29 is 13.2 Å². The van der Waals surface area contributed by atoms with Gasteiger partial charge < -0.3 is 5.32 Å². The fourth-order valence-corrected chi connectivity index (χ4v) is 2.00. The minimum absolute atomic E-state index is 0. The Hall–Kier alpha value is -0.880. The van der Waals surface area contributed by atoms with Crippen LogP contribution in [0.3, 0.4) is 0 Å². The van der Waals surface area contributed by atoms with Crippen molar-refractivity contribution >= 4 is 12.4 Å². The molecule has 0 spiro atoms. The van der Waals surface area contributed by atoms with Crippen molar-refractivity contribution in [3.8, 4) is 0 Å². The molecular weight excluding hydrogens is 267 g/mol. The first-order valence-corrected chi connectivity index (χ1v) is 5.60. The standard InChI is InChI=1S/C11H14F3N3.ClH/c1-7-6-9(11(12,13)14)17-10(16-7)8-2-4-15-5-3-8;/h6,8,15H,2-5H2,1H3;1H. The molecule has 0 atom stereocenters. The molecule has 102 valence electrons. The molecule has 2 rings (SSSR count). The Bertz CT molecular complexity index is 403. The van der Waals surface area contributed by atoms with Gasteiger partial charge in [0.1, 0.15) is 11.5 Å². The van der Waals surface area contributed by atoms with E-state index in [2.05, 4.69) is 15.3 Å². The van der Waals surface area contributed by atoms with Crippen LogP contribution in [0.2, 0.25) is 0 Å². The summed E-state index contributed by atoms with van der Waals surface area (Å²) in [5.74, 6) is 0.371. The predicted octanol–water partition coefficient (Wildman–Crippen LogP) is 2.69. The highest BCUT2D eigenvalue weighted by atomic mass is 35.5. The monoisotopic (exact) mass is 281 g/mol. The normalized spacial score (nSPS) is 17.3. The molecule has 0 saturated carbocycles. The Labute approximate surface area is 110 Å². The number of hydrogen-bond donors (Lipinski definition) is 1. The summed E-state index contributed by atoms with van der Waals surface area (Å²) in [4.78, 5) is 7.80. The van der Waals surface area contributed by atoms with Crippen molar-refractivity contribution in [2.75, 3.05) is 13.1 Å². The van der Waals surface area contributed by atoms with Crippen LogP contribution >= 0.6 is 12.4 Å². The molecule has 1 aliphatic heterocycles. The lowest BCUT2D eigenvalue weighted by molar-refractivity contribution is -0.141. The second-order valence-electron chi connectivity index (χ2n) is 4.27. The molecule has 1 aromatic heterocycles. The number of nitrogens with zero attached hydrogens (tertiary/aromatic N) is 2. The third-order valence-corrected chi connectivity index (χ3v) is 2.87. The van der Waals surface area contributed by atoms with Crippen LogP contribution in [-0.4, -0.2) is 23.1 Å². The van der Waals surface area contributed by atoms with Crippen LogP contribution in [0.15, 0.2) is 6.07 Å². The maximum absolute atomic E-state index is 12.6. The SMILES string of the molecule is Cc1cc(C(F)(F)F)nc(C2CCNCC2)n1.Cl. The smallest absolute Gasteiger partial charge is 0.317 e. The molecule has 0 radical (unpaired) electrons. The molecule has 1 fully saturated rings. The van der Waals surface area contributed by atoms with Crippen LogP contribution < -0.4 is 5.32 Å². The molecule has 1 aromatic rings. The van der Waals surface area contributed by atoms with Crippen LogP contribution in [0.25, 0.3) is 0 Å². The molecule has 7 heteroatoms. The van der Waals surface area contributed by atoms with Gasteiger partial charge in [-0.3, -0.25) is 0 Å². The first-order valence-electron chi connectivity index (χ1n) is 5.60. The molecule has 0 aliphatic carbocycles. The molecule has 3 nitrogen and oxygen atoms in total. The number of nitrogens with one attached hydrogen (secondary N) is 1. The Morgan fingerprint density at radius 2 is 1.83 bits per heavy atom. The van der Waals surface area contributed by atoms with Gasteiger partial charge in [0.2, 0.25) is 0 Å². The highest BCUT2D eigenvalue weighted by molar-refractivity contribution is 5.85. The van der Waals surface area contributed by atoms with E-state index in [4.69, 9.17) is 0 Å². The summed E-state index contributed by atoms with van der Waals surface area (Å²) >= 11 is 0. The zero-order valence-corrected chi connectivity index (χ0v) is 10.7. The first-order chi connectivity index (χ1) is 7.97. The van der Waals surface area contributed by atoms with Gasteiger partial charge in [-0.15, -0.1) is 12.4 Å². The molecule has 0 aromatic carbocycles. The van der Waals surface area contributed by atoms with E-state index in [9.17, 15) is 13.2 Å². The fraction of sp³-hybridized carbons (Fsp3) is 0.636. The number of aryl methyl sites for hydroxylation is 1. The molecule has 1 aliphatic rings. The Balaban J connectivity index is 0.00000162. The van der Waals surface area contributed by atoms with Crippen LogP contribution in [0.4, 0.5) is 13.2 Å². The fourth-order valence-electron chi connectivity index (χ4n) is 2.00. The van der Waals surface area contributed by atoms with Gasteiger partial charge in [-0.05, 0) is 38.9 Å². The third kappa shape index (κ3) is 3.55. The van der Waals surface area contributed by atoms with Crippen LogP contribution in [0.5, 0.6) is 0 Å². The molecule has 2 heterocycles. The van der Waals surface area contributed by atoms with E-state index in [1.807, 2.05) is 0 Å².